The fourth-order valence-electron chi connectivity index (χ4n) is 2.30. The molecule has 0 amide bonds. The second-order valence-electron chi connectivity index (χ2n) is 5.16. The maximum absolute atomic E-state index is 12.9. The van der Waals surface area contributed by atoms with E-state index in [1.54, 1.807) is 19.2 Å². The summed E-state index contributed by atoms with van der Waals surface area (Å²) in [7, 11) is 1.71. The van der Waals surface area contributed by atoms with E-state index in [0.29, 0.717) is 19.0 Å². The number of fused-ring (bicyclic) bond motifs is 1. The van der Waals surface area contributed by atoms with Crippen molar-refractivity contribution in [2.75, 3.05) is 7.05 Å². The first-order valence-electron chi connectivity index (χ1n) is 7.41. The molecule has 0 aliphatic rings. The lowest BCUT2D eigenvalue weighted by Gasteiger charge is -2.10. The number of halogens is 2. The van der Waals surface area contributed by atoms with Crippen LogP contribution in [-0.2, 0) is 13.1 Å². The van der Waals surface area contributed by atoms with E-state index in [0.717, 1.165) is 22.3 Å². The van der Waals surface area contributed by atoms with E-state index in [9.17, 15) is 4.39 Å². The molecule has 0 bridgehead atoms. The number of rotatable bonds is 4. The second kappa shape index (κ2) is 8.68. The van der Waals surface area contributed by atoms with Crippen molar-refractivity contribution in [1.29, 1.82) is 0 Å². The Labute approximate surface area is 157 Å². The van der Waals surface area contributed by atoms with Gasteiger partial charge in [0.25, 0.3) is 0 Å². The van der Waals surface area contributed by atoms with E-state index in [1.165, 1.54) is 12.1 Å². The number of nitrogens with zero attached hydrogens (tertiary/aromatic N) is 1. The van der Waals surface area contributed by atoms with Crippen LogP contribution >= 0.6 is 24.0 Å². The Morgan fingerprint density at radius 1 is 1.04 bits per heavy atom. The van der Waals surface area contributed by atoms with E-state index in [1.807, 2.05) is 30.3 Å². The van der Waals surface area contributed by atoms with Gasteiger partial charge in [0.2, 0.25) is 0 Å². The molecule has 0 saturated heterocycles. The number of nitrogens with one attached hydrogen (secondary N) is 2. The summed E-state index contributed by atoms with van der Waals surface area (Å²) in [4.78, 5) is 4.17. The van der Waals surface area contributed by atoms with Gasteiger partial charge in [0, 0.05) is 19.0 Å². The van der Waals surface area contributed by atoms with Crippen LogP contribution in [0, 0.1) is 5.82 Å². The van der Waals surface area contributed by atoms with Crippen LogP contribution in [0.5, 0.6) is 0 Å². The topological polar surface area (TPSA) is 49.6 Å². The molecule has 2 aromatic carbocycles. The Morgan fingerprint density at radius 3 is 2.46 bits per heavy atom. The van der Waals surface area contributed by atoms with Gasteiger partial charge in [-0.1, -0.05) is 30.3 Å². The summed E-state index contributed by atoms with van der Waals surface area (Å²) in [5.74, 6) is 1.27. The number of furan rings is 1. The van der Waals surface area contributed by atoms with Gasteiger partial charge >= 0.3 is 0 Å². The molecule has 0 atom stereocenters. The van der Waals surface area contributed by atoms with Crippen molar-refractivity contribution in [2.24, 2.45) is 4.99 Å². The maximum atomic E-state index is 12.9. The van der Waals surface area contributed by atoms with Crippen LogP contribution in [0.4, 0.5) is 4.39 Å². The third kappa shape index (κ3) is 4.70. The van der Waals surface area contributed by atoms with Crippen molar-refractivity contribution < 1.29 is 8.81 Å². The molecule has 0 aliphatic heterocycles. The third-order valence-corrected chi connectivity index (χ3v) is 3.50. The minimum absolute atomic E-state index is 0. The number of guanidine groups is 1. The lowest BCUT2D eigenvalue weighted by atomic mass is 10.2. The van der Waals surface area contributed by atoms with Gasteiger partial charge in [-0.25, -0.2) is 4.39 Å². The van der Waals surface area contributed by atoms with E-state index in [4.69, 9.17) is 4.42 Å². The molecule has 3 rings (SSSR count). The van der Waals surface area contributed by atoms with Crippen LogP contribution in [0.3, 0.4) is 0 Å². The van der Waals surface area contributed by atoms with Crippen LogP contribution < -0.4 is 10.6 Å². The van der Waals surface area contributed by atoms with Crippen molar-refractivity contribution in [2.45, 2.75) is 13.1 Å². The molecule has 1 heterocycles. The molecular formula is C18H19FIN3O. The quantitative estimate of drug-likeness (QED) is 0.367. The van der Waals surface area contributed by atoms with Gasteiger partial charge < -0.3 is 15.1 Å². The number of hydrogen-bond acceptors (Lipinski definition) is 2. The van der Waals surface area contributed by atoms with Crippen molar-refractivity contribution in [3.05, 3.63) is 71.7 Å². The van der Waals surface area contributed by atoms with Gasteiger partial charge in [0.1, 0.15) is 17.2 Å². The molecule has 6 heteroatoms. The molecule has 0 spiro atoms. The summed E-state index contributed by atoms with van der Waals surface area (Å²) < 4.78 is 18.6. The highest BCUT2D eigenvalue weighted by molar-refractivity contribution is 14.0. The smallest absolute Gasteiger partial charge is 0.191 e. The van der Waals surface area contributed by atoms with Crippen molar-refractivity contribution in [1.82, 2.24) is 10.6 Å². The Balaban J connectivity index is 0.00000208. The zero-order valence-corrected chi connectivity index (χ0v) is 15.6. The average molecular weight is 439 g/mol. The van der Waals surface area contributed by atoms with Gasteiger partial charge in [-0.05, 0) is 29.8 Å². The molecule has 4 nitrogen and oxygen atoms in total. The minimum Gasteiger partial charge on any atom is -0.459 e. The molecule has 24 heavy (non-hydrogen) atoms. The minimum atomic E-state index is -0.235. The molecule has 0 unspecified atom stereocenters. The van der Waals surface area contributed by atoms with Crippen molar-refractivity contribution in [3.8, 4) is 0 Å². The van der Waals surface area contributed by atoms with E-state index in [-0.39, 0.29) is 29.8 Å². The highest BCUT2D eigenvalue weighted by Crippen LogP contribution is 2.18. The van der Waals surface area contributed by atoms with Crippen LogP contribution in [0.2, 0.25) is 0 Å². The first-order valence-corrected chi connectivity index (χ1v) is 7.41. The maximum Gasteiger partial charge on any atom is 0.191 e. The monoisotopic (exact) mass is 439 g/mol. The van der Waals surface area contributed by atoms with Crippen LogP contribution in [0.1, 0.15) is 11.3 Å². The number of benzene rings is 2. The molecule has 0 aliphatic carbocycles. The summed E-state index contributed by atoms with van der Waals surface area (Å²) in [5, 5.41) is 7.47. The van der Waals surface area contributed by atoms with Crippen molar-refractivity contribution in [3.63, 3.8) is 0 Å². The third-order valence-electron chi connectivity index (χ3n) is 3.50. The Kier molecular flexibility index (Phi) is 6.60. The Bertz CT molecular complexity index is 782. The van der Waals surface area contributed by atoms with Crippen LogP contribution in [0.15, 0.2) is 64.0 Å². The van der Waals surface area contributed by atoms with Gasteiger partial charge in [-0.3, -0.25) is 4.99 Å². The zero-order valence-electron chi connectivity index (χ0n) is 13.3. The molecule has 0 saturated carbocycles. The SMILES string of the molecule is CN=C(NCc1ccc(F)cc1)NCc1cc2ccccc2o1.I. The predicted molar refractivity (Wildman–Crippen MR) is 105 cm³/mol. The summed E-state index contributed by atoms with van der Waals surface area (Å²) in [5.41, 5.74) is 1.86. The first-order chi connectivity index (χ1) is 11.2. The molecule has 0 radical (unpaired) electrons. The summed E-state index contributed by atoms with van der Waals surface area (Å²) in [6.45, 7) is 1.11. The number of hydrogen-bond donors (Lipinski definition) is 2. The van der Waals surface area contributed by atoms with Gasteiger partial charge in [0.05, 0.1) is 6.54 Å². The molecule has 3 aromatic rings. The standard InChI is InChI=1S/C18H18FN3O.HI/c1-20-18(21-11-13-6-8-15(19)9-7-13)22-12-16-10-14-4-2-3-5-17(14)23-16;/h2-10H,11-12H2,1H3,(H2,20,21,22);1H. The molecule has 0 fully saturated rings. The van der Waals surface area contributed by atoms with Gasteiger partial charge in [0.15, 0.2) is 5.96 Å². The Morgan fingerprint density at radius 2 is 1.75 bits per heavy atom. The van der Waals surface area contributed by atoms with E-state index in [2.05, 4.69) is 15.6 Å². The number of para-hydroxylation sites is 1. The summed E-state index contributed by atoms with van der Waals surface area (Å²) in [6.07, 6.45) is 0. The fraction of sp³-hybridized carbons (Fsp3) is 0.167. The number of aliphatic imine (C=N–C) groups is 1. The first kappa shape index (κ1) is 18.3. The molecular weight excluding hydrogens is 420 g/mol. The van der Waals surface area contributed by atoms with Gasteiger partial charge in [-0.15, -0.1) is 24.0 Å². The second-order valence-corrected chi connectivity index (χ2v) is 5.16. The highest BCUT2D eigenvalue weighted by Gasteiger charge is 2.04. The van der Waals surface area contributed by atoms with Crippen LogP contribution in [-0.4, -0.2) is 13.0 Å². The fourth-order valence-corrected chi connectivity index (χ4v) is 2.30. The van der Waals surface area contributed by atoms with Gasteiger partial charge in [-0.2, -0.15) is 0 Å². The van der Waals surface area contributed by atoms with Crippen molar-refractivity contribution >= 4 is 40.9 Å². The largest absolute Gasteiger partial charge is 0.459 e. The molecule has 2 N–H and O–H groups in total. The lowest BCUT2D eigenvalue weighted by molar-refractivity contribution is 0.538. The lowest BCUT2D eigenvalue weighted by Crippen LogP contribution is -2.36. The average Bonchev–Trinajstić information content (AvgIpc) is 2.99. The molecule has 126 valence electrons. The van der Waals surface area contributed by atoms with Crippen LogP contribution in [0.25, 0.3) is 11.0 Å². The van der Waals surface area contributed by atoms with E-state index < -0.39 is 0 Å². The zero-order chi connectivity index (χ0) is 16.1. The predicted octanol–water partition coefficient (Wildman–Crippen LogP) is 4.06. The normalized spacial score (nSPS) is 11.2. The Hall–Kier alpha value is -2.09. The van der Waals surface area contributed by atoms with E-state index >= 15 is 0 Å². The summed E-state index contributed by atoms with van der Waals surface area (Å²) >= 11 is 0. The molecule has 1 aromatic heterocycles. The highest BCUT2D eigenvalue weighted by atomic mass is 127. The summed E-state index contributed by atoms with van der Waals surface area (Å²) in [6, 6.07) is 16.3.